The standard InChI is InChI=1S/C23H22FN5O3/c1-12(2)11-29-20-19(22(31)28-23(29)32)15(9-17(26-20)13-7-8-13)21(30)27-18(10-25)14-5-3-4-6-16(14)24/h3-6,9,12-13,18H,7-8,11H2,1-2H3,(H,27,30)(H,28,31,32). The van der Waals surface area contributed by atoms with Crippen molar-refractivity contribution in [1.82, 2.24) is 19.9 Å². The molecular weight excluding hydrogens is 413 g/mol. The van der Waals surface area contributed by atoms with Crippen LogP contribution in [0, 0.1) is 23.1 Å². The molecule has 1 fully saturated rings. The number of aromatic nitrogens is 3. The normalized spacial score (nSPS) is 14.3. The Hall–Kier alpha value is -3.80. The summed E-state index contributed by atoms with van der Waals surface area (Å²) >= 11 is 0. The maximum Gasteiger partial charge on any atom is 0.330 e. The van der Waals surface area contributed by atoms with Gasteiger partial charge in [-0.2, -0.15) is 5.26 Å². The Labute approximate surface area is 182 Å². The van der Waals surface area contributed by atoms with E-state index in [1.165, 1.54) is 28.8 Å². The minimum atomic E-state index is -1.25. The number of halogens is 1. The van der Waals surface area contributed by atoms with Crippen molar-refractivity contribution in [1.29, 1.82) is 5.26 Å². The van der Waals surface area contributed by atoms with Gasteiger partial charge in [0, 0.05) is 23.7 Å². The highest BCUT2D eigenvalue weighted by atomic mass is 19.1. The molecule has 2 aromatic heterocycles. The number of pyridine rings is 1. The van der Waals surface area contributed by atoms with Gasteiger partial charge in [-0.25, -0.2) is 14.2 Å². The van der Waals surface area contributed by atoms with Crippen molar-refractivity contribution in [2.75, 3.05) is 0 Å². The van der Waals surface area contributed by atoms with Gasteiger partial charge in [-0.1, -0.05) is 32.0 Å². The van der Waals surface area contributed by atoms with Crippen molar-refractivity contribution in [3.63, 3.8) is 0 Å². The van der Waals surface area contributed by atoms with Gasteiger partial charge in [-0.3, -0.25) is 19.1 Å². The molecule has 2 N–H and O–H groups in total. The van der Waals surface area contributed by atoms with Crippen LogP contribution in [-0.2, 0) is 6.54 Å². The molecule has 1 aliphatic carbocycles. The van der Waals surface area contributed by atoms with Gasteiger partial charge in [0.05, 0.1) is 17.0 Å². The summed E-state index contributed by atoms with van der Waals surface area (Å²) in [6.07, 6.45) is 1.79. The molecule has 1 atom stereocenters. The molecular formula is C23H22FN5O3. The smallest absolute Gasteiger partial charge is 0.330 e. The first-order valence-corrected chi connectivity index (χ1v) is 10.4. The van der Waals surface area contributed by atoms with E-state index in [1.54, 1.807) is 6.07 Å². The van der Waals surface area contributed by atoms with Crippen LogP contribution in [-0.4, -0.2) is 20.4 Å². The fourth-order valence-electron chi connectivity index (χ4n) is 3.69. The largest absolute Gasteiger partial charge is 0.332 e. The lowest BCUT2D eigenvalue weighted by Crippen LogP contribution is -2.35. The molecule has 1 unspecified atom stereocenters. The van der Waals surface area contributed by atoms with Crippen LogP contribution in [0.15, 0.2) is 39.9 Å². The number of hydrogen-bond donors (Lipinski definition) is 2. The average Bonchev–Trinajstić information content (AvgIpc) is 3.60. The van der Waals surface area contributed by atoms with Gasteiger partial charge in [-0.05, 0) is 30.9 Å². The van der Waals surface area contributed by atoms with Gasteiger partial charge in [0.2, 0.25) is 0 Å². The van der Waals surface area contributed by atoms with E-state index < -0.39 is 29.0 Å². The van der Waals surface area contributed by atoms with Crippen molar-refractivity contribution >= 4 is 16.9 Å². The third kappa shape index (κ3) is 4.04. The number of H-pyrrole nitrogens is 1. The van der Waals surface area contributed by atoms with Crippen LogP contribution in [0.3, 0.4) is 0 Å². The summed E-state index contributed by atoms with van der Waals surface area (Å²) in [5, 5.41) is 12.0. The van der Waals surface area contributed by atoms with Crippen LogP contribution in [0.5, 0.6) is 0 Å². The minimum absolute atomic E-state index is 0.00671. The quantitative estimate of drug-likeness (QED) is 0.617. The zero-order valence-corrected chi connectivity index (χ0v) is 17.7. The third-order valence-electron chi connectivity index (χ3n) is 5.38. The highest BCUT2D eigenvalue weighted by Crippen LogP contribution is 2.40. The lowest BCUT2D eigenvalue weighted by atomic mass is 10.0. The fraction of sp³-hybridized carbons (Fsp3) is 0.348. The monoisotopic (exact) mass is 435 g/mol. The lowest BCUT2D eigenvalue weighted by molar-refractivity contribution is 0.0946. The molecule has 0 saturated heterocycles. The molecule has 164 valence electrons. The van der Waals surface area contributed by atoms with E-state index in [0.29, 0.717) is 12.2 Å². The van der Waals surface area contributed by atoms with Crippen molar-refractivity contribution in [3.8, 4) is 6.07 Å². The highest BCUT2D eigenvalue weighted by molar-refractivity contribution is 6.05. The zero-order valence-electron chi connectivity index (χ0n) is 17.7. The van der Waals surface area contributed by atoms with E-state index in [9.17, 15) is 24.0 Å². The number of rotatable bonds is 6. The van der Waals surface area contributed by atoms with Gasteiger partial charge in [0.15, 0.2) is 5.65 Å². The Morgan fingerprint density at radius 1 is 1.34 bits per heavy atom. The number of nitrogens with one attached hydrogen (secondary N) is 2. The number of nitriles is 1. The van der Waals surface area contributed by atoms with E-state index in [4.69, 9.17) is 0 Å². The zero-order chi connectivity index (χ0) is 23.0. The third-order valence-corrected chi connectivity index (χ3v) is 5.38. The van der Waals surface area contributed by atoms with Gasteiger partial charge in [-0.15, -0.1) is 0 Å². The van der Waals surface area contributed by atoms with Crippen LogP contribution in [0.4, 0.5) is 4.39 Å². The molecule has 1 aliphatic rings. The Balaban J connectivity index is 1.87. The van der Waals surface area contributed by atoms with Crippen molar-refractivity contribution in [2.24, 2.45) is 5.92 Å². The maximum atomic E-state index is 14.2. The second-order valence-corrected chi connectivity index (χ2v) is 8.39. The Morgan fingerprint density at radius 2 is 2.06 bits per heavy atom. The number of aromatic amines is 1. The summed E-state index contributed by atoms with van der Waals surface area (Å²) in [4.78, 5) is 45.3. The predicted octanol–water partition coefficient (Wildman–Crippen LogP) is 2.75. The number of benzene rings is 1. The first-order chi connectivity index (χ1) is 15.3. The first-order valence-electron chi connectivity index (χ1n) is 10.4. The molecule has 4 rings (SSSR count). The first kappa shape index (κ1) is 21.4. The molecule has 8 nitrogen and oxygen atoms in total. The minimum Gasteiger partial charge on any atom is -0.332 e. The molecule has 0 aliphatic heterocycles. The fourth-order valence-corrected chi connectivity index (χ4v) is 3.69. The van der Waals surface area contributed by atoms with Gasteiger partial charge in [0.25, 0.3) is 11.5 Å². The molecule has 1 saturated carbocycles. The predicted molar refractivity (Wildman–Crippen MR) is 116 cm³/mol. The number of nitrogens with zero attached hydrogens (tertiary/aromatic N) is 3. The summed E-state index contributed by atoms with van der Waals surface area (Å²) in [7, 11) is 0. The van der Waals surface area contributed by atoms with E-state index in [1.807, 2.05) is 19.9 Å². The number of carbonyl (C=O) groups excluding carboxylic acids is 1. The Bertz CT molecular complexity index is 1360. The molecule has 0 spiro atoms. The molecule has 1 amide bonds. The van der Waals surface area contributed by atoms with E-state index in [-0.39, 0.29) is 34.0 Å². The maximum absolute atomic E-state index is 14.2. The molecule has 2 heterocycles. The van der Waals surface area contributed by atoms with Crippen molar-refractivity contribution in [2.45, 2.75) is 45.2 Å². The summed E-state index contributed by atoms with van der Waals surface area (Å²) in [6.45, 7) is 4.16. The lowest BCUT2D eigenvalue weighted by Gasteiger charge is -2.16. The van der Waals surface area contributed by atoms with Crippen LogP contribution < -0.4 is 16.6 Å². The highest BCUT2D eigenvalue weighted by Gasteiger charge is 2.29. The van der Waals surface area contributed by atoms with Crippen LogP contribution in [0.25, 0.3) is 11.0 Å². The topological polar surface area (TPSA) is 121 Å². The van der Waals surface area contributed by atoms with Gasteiger partial charge < -0.3 is 5.32 Å². The molecule has 1 aromatic carbocycles. The average molecular weight is 435 g/mol. The van der Waals surface area contributed by atoms with Crippen LogP contribution in [0.2, 0.25) is 0 Å². The van der Waals surface area contributed by atoms with Crippen molar-refractivity contribution < 1.29 is 9.18 Å². The molecule has 3 aromatic rings. The Kier molecular flexibility index (Phi) is 5.61. The van der Waals surface area contributed by atoms with Crippen LogP contribution in [0.1, 0.15) is 60.3 Å². The number of carbonyl (C=O) groups is 1. The summed E-state index contributed by atoms with van der Waals surface area (Å²) in [5.41, 5.74) is -0.540. The number of fused-ring (bicyclic) bond motifs is 1. The number of amides is 1. The second-order valence-electron chi connectivity index (χ2n) is 8.39. The molecule has 0 bridgehead atoms. The molecule has 0 radical (unpaired) electrons. The van der Waals surface area contributed by atoms with E-state index in [2.05, 4.69) is 15.3 Å². The summed E-state index contributed by atoms with van der Waals surface area (Å²) in [6, 6.07) is 7.84. The summed E-state index contributed by atoms with van der Waals surface area (Å²) in [5.74, 6) is -1.10. The number of hydrogen-bond acceptors (Lipinski definition) is 5. The van der Waals surface area contributed by atoms with Gasteiger partial charge in [0.1, 0.15) is 11.9 Å². The van der Waals surface area contributed by atoms with Gasteiger partial charge >= 0.3 is 5.69 Å². The van der Waals surface area contributed by atoms with E-state index in [0.717, 1.165) is 12.8 Å². The summed E-state index contributed by atoms with van der Waals surface area (Å²) < 4.78 is 15.6. The van der Waals surface area contributed by atoms with Crippen LogP contribution >= 0.6 is 0 Å². The Morgan fingerprint density at radius 3 is 2.69 bits per heavy atom. The van der Waals surface area contributed by atoms with E-state index >= 15 is 0 Å². The second kappa shape index (κ2) is 8.38. The SMILES string of the molecule is CC(C)Cn1c(=O)[nH]c(=O)c2c(C(=O)NC(C#N)c3ccccc3F)cc(C3CC3)nc21. The molecule has 32 heavy (non-hydrogen) atoms. The molecule has 9 heteroatoms. The van der Waals surface area contributed by atoms with Crippen molar-refractivity contribution in [3.05, 3.63) is 73.8 Å².